The van der Waals surface area contributed by atoms with Crippen molar-refractivity contribution in [2.75, 3.05) is 10.6 Å². The summed E-state index contributed by atoms with van der Waals surface area (Å²) in [5.41, 5.74) is 6.31. The number of hydrogen-bond donors (Lipinski definition) is 4. The van der Waals surface area contributed by atoms with Gasteiger partial charge in [-0.25, -0.2) is 9.97 Å². The van der Waals surface area contributed by atoms with Crippen molar-refractivity contribution in [3.63, 3.8) is 0 Å². The second-order valence-electron chi connectivity index (χ2n) is 5.25. The Morgan fingerprint density at radius 1 is 1.35 bits per heavy atom. The Kier molecular flexibility index (Phi) is 5.13. The minimum atomic E-state index is -0.493. The number of primary amides is 1. The Bertz CT molecular complexity index is 930. The highest BCUT2D eigenvalue weighted by molar-refractivity contribution is 6.32. The lowest BCUT2D eigenvalue weighted by molar-refractivity contribution is -0.118. The fourth-order valence-corrected chi connectivity index (χ4v) is 2.26. The molecule has 3 aromatic heterocycles. The lowest BCUT2D eigenvalue weighted by atomic mass is 10.2. The van der Waals surface area contributed by atoms with Crippen LogP contribution < -0.4 is 16.4 Å². The van der Waals surface area contributed by atoms with Gasteiger partial charge in [-0.2, -0.15) is 10.1 Å². The first-order valence-corrected chi connectivity index (χ1v) is 7.86. The van der Waals surface area contributed by atoms with Gasteiger partial charge in [-0.1, -0.05) is 17.7 Å². The maximum absolute atomic E-state index is 10.9. The van der Waals surface area contributed by atoms with Gasteiger partial charge in [0.2, 0.25) is 17.7 Å². The standard InChI is InChI=1S/C15H15ClN8O2/c16-11-6-20-15(22-10-5-21-24(7-10)8-12(17)25)23-13(11)19-4-9-2-1-3-18-14(9)26/h1-3,5-7H,4,8H2,(H2,17,25)(H,18,26)(H2,19,20,22,23). The van der Waals surface area contributed by atoms with Crippen LogP contribution in [0.15, 0.2) is 36.9 Å². The Morgan fingerprint density at radius 2 is 2.19 bits per heavy atom. The van der Waals surface area contributed by atoms with E-state index in [1.165, 1.54) is 23.3 Å². The van der Waals surface area contributed by atoms with Crippen LogP contribution in [0.25, 0.3) is 0 Å². The number of nitrogens with two attached hydrogens (primary N) is 1. The Labute approximate surface area is 153 Å². The second-order valence-corrected chi connectivity index (χ2v) is 5.65. The molecule has 0 unspecified atom stereocenters. The number of nitrogens with zero attached hydrogens (tertiary/aromatic N) is 5. The normalized spacial score (nSPS) is 10.5. The summed E-state index contributed by atoms with van der Waals surface area (Å²) in [4.78, 5) is 23.1. The van der Waals surface area contributed by atoms with Crippen molar-refractivity contribution >= 4 is 35.0 Å². The van der Waals surface area contributed by atoms with Crippen molar-refractivity contribution in [3.05, 3.63) is 47.5 Å². The molecule has 0 atom stereocenters. The van der Waals surface area contributed by atoms with E-state index in [9.17, 15) is 9.90 Å². The van der Waals surface area contributed by atoms with Gasteiger partial charge < -0.3 is 21.5 Å². The van der Waals surface area contributed by atoms with Crippen LogP contribution in [-0.4, -0.2) is 35.7 Å². The van der Waals surface area contributed by atoms with Crippen LogP contribution >= 0.6 is 11.6 Å². The average molecular weight is 375 g/mol. The predicted octanol–water partition coefficient (Wildman–Crippen LogP) is 1.27. The number of nitrogens with one attached hydrogen (secondary N) is 2. The largest absolute Gasteiger partial charge is 0.493 e. The quantitative estimate of drug-likeness (QED) is 0.484. The number of pyridine rings is 1. The topological polar surface area (TPSA) is 144 Å². The molecule has 3 aromatic rings. The molecule has 5 N–H and O–H groups in total. The molecule has 11 heteroatoms. The molecule has 0 saturated heterocycles. The van der Waals surface area contributed by atoms with E-state index in [0.29, 0.717) is 22.1 Å². The zero-order valence-corrected chi connectivity index (χ0v) is 14.2. The Morgan fingerprint density at radius 3 is 2.96 bits per heavy atom. The van der Waals surface area contributed by atoms with Gasteiger partial charge in [-0.3, -0.25) is 9.48 Å². The van der Waals surface area contributed by atoms with Crippen molar-refractivity contribution in [1.29, 1.82) is 0 Å². The number of halogens is 1. The molecule has 10 nitrogen and oxygen atoms in total. The van der Waals surface area contributed by atoms with Crippen molar-refractivity contribution in [1.82, 2.24) is 24.7 Å². The predicted molar refractivity (Wildman–Crippen MR) is 95.0 cm³/mol. The number of anilines is 3. The van der Waals surface area contributed by atoms with Gasteiger partial charge in [-0.05, 0) is 6.07 Å². The molecular weight excluding hydrogens is 360 g/mol. The summed E-state index contributed by atoms with van der Waals surface area (Å²) in [5, 5.41) is 20.0. The van der Waals surface area contributed by atoms with Crippen LogP contribution in [0.5, 0.6) is 5.88 Å². The van der Waals surface area contributed by atoms with Crippen molar-refractivity contribution < 1.29 is 9.90 Å². The third-order valence-corrected chi connectivity index (χ3v) is 3.54. The number of carbonyl (C=O) groups excluding carboxylic acids is 1. The first kappa shape index (κ1) is 17.4. The fraction of sp³-hybridized carbons (Fsp3) is 0.133. The van der Waals surface area contributed by atoms with Gasteiger partial charge in [0.25, 0.3) is 0 Å². The van der Waals surface area contributed by atoms with Crippen molar-refractivity contribution in [2.45, 2.75) is 13.1 Å². The van der Waals surface area contributed by atoms with Gasteiger partial charge >= 0.3 is 0 Å². The number of rotatable bonds is 7. The van der Waals surface area contributed by atoms with Gasteiger partial charge in [0, 0.05) is 24.5 Å². The molecule has 134 valence electrons. The van der Waals surface area contributed by atoms with Gasteiger partial charge in [0.05, 0.1) is 18.1 Å². The summed E-state index contributed by atoms with van der Waals surface area (Å²) in [6.07, 6.45) is 6.05. The SMILES string of the molecule is NC(=O)Cn1cc(Nc2ncc(Cl)c(NCc3cccnc3O)n2)cn1. The van der Waals surface area contributed by atoms with Crippen molar-refractivity contribution in [2.24, 2.45) is 5.73 Å². The van der Waals surface area contributed by atoms with Crippen LogP contribution in [-0.2, 0) is 17.9 Å². The first-order valence-electron chi connectivity index (χ1n) is 7.48. The molecule has 0 saturated carbocycles. The number of amides is 1. The third-order valence-electron chi connectivity index (χ3n) is 3.27. The maximum Gasteiger partial charge on any atom is 0.239 e. The van der Waals surface area contributed by atoms with Crippen LogP contribution in [0.1, 0.15) is 5.56 Å². The fourth-order valence-electron chi connectivity index (χ4n) is 2.10. The summed E-state index contributed by atoms with van der Waals surface area (Å²) in [6, 6.07) is 3.45. The number of hydrogen-bond acceptors (Lipinski definition) is 8. The van der Waals surface area contributed by atoms with Gasteiger partial charge in [0.15, 0.2) is 5.82 Å². The summed E-state index contributed by atoms with van der Waals surface area (Å²) >= 11 is 6.11. The maximum atomic E-state index is 10.9. The van der Waals surface area contributed by atoms with Crippen LogP contribution in [0.3, 0.4) is 0 Å². The third kappa shape index (κ3) is 4.36. The zero-order chi connectivity index (χ0) is 18.5. The number of aromatic hydroxyl groups is 1. The van der Waals surface area contributed by atoms with E-state index in [2.05, 4.69) is 30.7 Å². The van der Waals surface area contributed by atoms with E-state index in [-0.39, 0.29) is 24.9 Å². The monoisotopic (exact) mass is 374 g/mol. The van der Waals surface area contributed by atoms with Crippen LogP contribution in [0, 0.1) is 0 Å². The van der Waals surface area contributed by atoms with E-state index in [4.69, 9.17) is 17.3 Å². The summed E-state index contributed by atoms with van der Waals surface area (Å²) in [7, 11) is 0. The lowest BCUT2D eigenvalue weighted by Crippen LogP contribution is -2.18. The molecule has 3 heterocycles. The molecule has 0 spiro atoms. The molecule has 3 rings (SSSR count). The highest BCUT2D eigenvalue weighted by atomic mass is 35.5. The molecule has 0 aliphatic rings. The molecule has 0 fully saturated rings. The van der Waals surface area contributed by atoms with Crippen LogP contribution in [0.4, 0.5) is 17.5 Å². The zero-order valence-electron chi connectivity index (χ0n) is 13.4. The highest BCUT2D eigenvalue weighted by Crippen LogP contribution is 2.23. The molecule has 0 aromatic carbocycles. The molecule has 1 amide bonds. The first-order chi connectivity index (χ1) is 12.5. The average Bonchev–Trinajstić information content (AvgIpc) is 3.02. The van der Waals surface area contributed by atoms with E-state index < -0.39 is 5.91 Å². The molecule has 0 bridgehead atoms. The Balaban J connectivity index is 1.70. The highest BCUT2D eigenvalue weighted by Gasteiger charge is 2.09. The Hall–Kier alpha value is -3.40. The lowest BCUT2D eigenvalue weighted by Gasteiger charge is -2.10. The number of aromatic nitrogens is 5. The summed E-state index contributed by atoms with van der Waals surface area (Å²) in [5.74, 6) is 0.112. The van der Waals surface area contributed by atoms with E-state index in [0.717, 1.165) is 0 Å². The minimum Gasteiger partial charge on any atom is -0.493 e. The molecule has 0 aliphatic carbocycles. The van der Waals surface area contributed by atoms with E-state index in [1.54, 1.807) is 18.3 Å². The van der Waals surface area contributed by atoms with E-state index >= 15 is 0 Å². The smallest absolute Gasteiger partial charge is 0.239 e. The molecule has 0 radical (unpaired) electrons. The van der Waals surface area contributed by atoms with Gasteiger partial charge in [-0.15, -0.1) is 0 Å². The molecule has 26 heavy (non-hydrogen) atoms. The van der Waals surface area contributed by atoms with Crippen molar-refractivity contribution in [3.8, 4) is 5.88 Å². The second kappa shape index (κ2) is 7.66. The van der Waals surface area contributed by atoms with Crippen LogP contribution in [0.2, 0.25) is 5.02 Å². The minimum absolute atomic E-state index is 0.0232. The number of carbonyl (C=O) groups is 1. The van der Waals surface area contributed by atoms with Gasteiger partial charge in [0.1, 0.15) is 11.6 Å². The summed E-state index contributed by atoms with van der Waals surface area (Å²) < 4.78 is 1.39. The summed E-state index contributed by atoms with van der Waals surface area (Å²) in [6.45, 7) is 0.261. The molecule has 0 aliphatic heterocycles. The molecular formula is C15H15ClN8O2. The van der Waals surface area contributed by atoms with E-state index in [1.807, 2.05) is 0 Å².